The molecule has 5 nitrogen and oxygen atoms in total. The van der Waals surface area contributed by atoms with Crippen LogP contribution in [0.4, 0.5) is 23.2 Å². The van der Waals surface area contributed by atoms with E-state index in [9.17, 15) is 32.3 Å². The van der Waals surface area contributed by atoms with Crippen molar-refractivity contribution < 1.29 is 31.9 Å². The number of carbonyl (C=O) groups is 1. The monoisotopic (exact) mass is 485 g/mol. The van der Waals surface area contributed by atoms with Gasteiger partial charge in [-0.15, -0.1) is 0 Å². The summed E-state index contributed by atoms with van der Waals surface area (Å²) in [6.07, 6.45) is -4.75. The second-order valence-electron chi connectivity index (χ2n) is 8.11. The SMILES string of the molecule is Cc1ccc(-c2cc(=O)c3cc(C(F)(F)F)cc(C(C)Nc4ccccc4C(=O)O)c3o2)c(F)c1. The van der Waals surface area contributed by atoms with Crippen molar-refractivity contribution in [2.24, 2.45) is 0 Å². The zero-order valence-corrected chi connectivity index (χ0v) is 18.5. The van der Waals surface area contributed by atoms with Crippen LogP contribution in [0, 0.1) is 12.7 Å². The molecule has 1 heterocycles. The lowest BCUT2D eigenvalue weighted by Crippen LogP contribution is -2.15. The van der Waals surface area contributed by atoms with Crippen LogP contribution in [0.1, 0.15) is 40.0 Å². The van der Waals surface area contributed by atoms with Crippen LogP contribution in [0.15, 0.2) is 69.9 Å². The van der Waals surface area contributed by atoms with Crippen LogP contribution in [-0.4, -0.2) is 11.1 Å². The molecule has 1 atom stereocenters. The first kappa shape index (κ1) is 24.0. The number of carboxylic acids is 1. The third kappa shape index (κ3) is 4.75. The van der Waals surface area contributed by atoms with Gasteiger partial charge in [-0.1, -0.05) is 18.2 Å². The van der Waals surface area contributed by atoms with E-state index in [1.165, 1.54) is 37.3 Å². The average Bonchev–Trinajstić information content (AvgIpc) is 2.78. The van der Waals surface area contributed by atoms with Gasteiger partial charge >= 0.3 is 12.1 Å². The summed E-state index contributed by atoms with van der Waals surface area (Å²) in [6, 6.07) is 11.8. The van der Waals surface area contributed by atoms with Gasteiger partial charge in [0.05, 0.1) is 28.1 Å². The summed E-state index contributed by atoms with van der Waals surface area (Å²) in [6.45, 7) is 3.19. The molecule has 0 amide bonds. The Labute approximate surface area is 196 Å². The van der Waals surface area contributed by atoms with Gasteiger partial charge < -0.3 is 14.8 Å². The average molecular weight is 485 g/mol. The molecule has 1 aromatic heterocycles. The number of aryl methyl sites for hydroxylation is 1. The van der Waals surface area contributed by atoms with Gasteiger partial charge in [-0.3, -0.25) is 4.79 Å². The normalized spacial score (nSPS) is 12.5. The number of benzene rings is 3. The number of alkyl halides is 3. The van der Waals surface area contributed by atoms with Crippen LogP contribution in [-0.2, 0) is 6.18 Å². The van der Waals surface area contributed by atoms with Gasteiger partial charge in [-0.05, 0) is 55.8 Å². The van der Waals surface area contributed by atoms with Crippen molar-refractivity contribution in [2.75, 3.05) is 5.32 Å². The van der Waals surface area contributed by atoms with Crippen LogP contribution in [0.2, 0.25) is 0 Å². The number of rotatable bonds is 5. The van der Waals surface area contributed by atoms with Crippen molar-refractivity contribution >= 4 is 22.6 Å². The van der Waals surface area contributed by atoms with Crippen LogP contribution < -0.4 is 10.7 Å². The number of para-hydroxylation sites is 1. The molecule has 1 unspecified atom stereocenters. The molecule has 180 valence electrons. The maximum absolute atomic E-state index is 14.6. The molecule has 0 fully saturated rings. The van der Waals surface area contributed by atoms with Gasteiger partial charge in [0.2, 0.25) is 0 Å². The summed E-state index contributed by atoms with van der Waals surface area (Å²) in [5.74, 6) is -2.01. The van der Waals surface area contributed by atoms with Crippen molar-refractivity contribution in [3.05, 3.63) is 99.0 Å². The molecule has 0 spiro atoms. The Morgan fingerprint density at radius 2 is 1.77 bits per heavy atom. The van der Waals surface area contributed by atoms with Crippen LogP contribution in [0.5, 0.6) is 0 Å². The molecule has 4 aromatic rings. The van der Waals surface area contributed by atoms with Crippen molar-refractivity contribution in [3.8, 4) is 11.3 Å². The van der Waals surface area contributed by atoms with Crippen LogP contribution in [0.25, 0.3) is 22.3 Å². The fraction of sp³-hybridized carbons (Fsp3) is 0.154. The van der Waals surface area contributed by atoms with Gasteiger partial charge in [0, 0.05) is 17.3 Å². The summed E-state index contributed by atoms with van der Waals surface area (Å²) >= 11 is 0. The van der Waals surface area contributed by atoms with E-state index in [2.05, 4.69) is 5.32 Å². The van der Waals surface area contributed by atoms with Crippen molar-refractivity contribution in [1.29, 1.82) is 0 Å². The van der Waals surface area contributed by atoms with Crippen molar-refractivity contribution in [2.45, 2.75) is 26.1 Å². The number of fused-ring (bicyclic) bond motifs is 1. The first-order valence-corrected chi connectivity index (χ1v) is 10.5. The minimum Gasteiger partial charge on any atom is -0.478 e. The predicted molar refractivity (Wildman–Crippen MR) is 123 cm³/mol. The summed E-state index contributed by atoms with van der Waals surface area (Å²) in [4.78, 5) is 24.4. The van der Waals surface area contributed by atoms with E-state index in [0.29, 0.717) is 11.6 Å². The summed E-state index contributed by atoms with van der Waals surface area (Å²) in [7, 11) is 0. The van der Waals surface area contributed by atoms with Gasteiger partial charge in [0.1, 0.15) is 17.2 Å². The third-order valence-corrected chi connectivity index (χ3v) is 5.57. The summed E-state index contributed by atoms with van der Waals surface area (Å²) < 4.78 is 61.3. The fourth-order valence-corrected chi connectivity index (χ4v) is 3.83. The van der Waals surface area contributed by atoms with E-state index in [-0.39, 0.29) is 39.1 Å². The van der Waals surface area contributed by atoms with E-state index in [1.807, 2.05) is 0 Å². The van der Waals surface area contributed by atoms with E-state index >= 15 is 0 Å². The molecule has 0 aliphatic carbocycles. The molecule has 0 aliphatic heterocycles. The van der Waals surface area contributed by atoms with Gasteiger partial charge in [0.15, 0.2) is 5.43 Å². The Kier molecular flexibility index (Phi) is 6.10. The molecule has 9 heteroatoms. The Hall–Kier alpha value is -4.14. The molecule has 0 radical (unpaired) electrons. The molecule has 0 aliphatic rings. The van der Waals surface area contributed by atoms with E-state index in [4.69, 9.17) is 4.42 Å². The lowest BCUT2D eigenvalue weighted by atomic mass is 9.99. The minimum absolute atomic E-state index is 0.0164. The van der Waals surface area contributed by atoms with E-state index in [1.54, 1.807) is 19.1 Å². The number of aromatic carboxylic acids is 1. The van der Waals surface area contributed by atoms with Crippen molar-refractivity contribution in [1.82, 2.24) is 0 Å². The molecule has 35 heavy (non-hydrogen) atoms. The highest BCUT2D eigenvalue weighted by molar-refractivity contribution is 5.94. The quantitative estimate of drug-likeness (QED) is 0.304. The second-order valence-corrected chi connectivity index (χ2v) is 8.11. The largest absolute Gasteiger partial charge is 0.478 e. The number of hydrogen-bond acceptors (Lipinski definition) is 4. The summed E-state index contributed by atoms with van der Waals surface area (Å²) in [5.41, 5.74) is -1.33. The van der Waals surface area contributed by atoms with Gasteiger partial charge in [0.25, 0.3) is 0 Å². The Bertz CT molecular complexity index is 1510. The first-order chi connectivity index (χ1) is 16.5. The van der Waals surface area contributed by atoms with Gasteiger partial charge in [-0.2, -0.15) is 13.2 Å². The number of anilines is 1. The van der Waals surface area contributed by atoms with Gasteiger partial charge in [-0.25, -0.2) is 9.18 Å². The smallest absolute Gasteiger partial charge is 0.416 e. The Balaban J connectivity index is 1.94. The van der Waals surface area contributed by atoms with E-state index in [0.717, 1.165) is 12.1 Å². The highest BCUT2D eigenvalue weighted by atomic mass is 19.4. The molecule has 0 bridgehead atoms. The first-order valence-electron chi connectivity index (χ1n) is 10.5. The fourth-order valence-electron chi connectivity index (χ4n) is 3.83. The molecular formula is C26H19F4NO4. The standard InChI is InChI=1S/C26H19F4NO4/c1-13-7-8-16(20(27)9-13)23-12-22(32)19-11-15(26(28,29)30)10-18(24(19)35-23)14(2)31-21-6-4-3-5-17(21)25(33)34/h3-12,14,31H,1-2H3,(H,33,34). The van der Waals surface area contributed by atoms with Crippen molar-refractivity contribution in [3.63, 3.8) is 0 Å². The zero-order chi connectivity index (χ0) is 25.5. The minimum atomic E-state index is -4.75. The molecule has 4 rings (SSSR count). The van der Waals surface area contributed by atoms with Crippen LogP contribution in [0.3, 0.4) is 0 Å². The number of hydrogen-bond donors (Lipinski definition) is 2. The molecule has 2 N–H and O–H groups in total. The lowest BCUT2D eigenvalue weighted by molar-refractivity contribution is -0.137. The molecule has 0 saturated carbocycles. The number of halogens is 4. The topological polar surface area (TPSA) is 79.5 Å². The second kappa shape index (κ2) is 8.90. The lowest BCUT2D eigenvalue weighted by Gasteiger charge is -2.20. The zero-order valence-electron chi connectivity index (χ0n) is 18.5. The number of carboxylic acid groups (broad SMARTS) is 1. The highest BCUT2D eigenvalue weighted by Crippen LogP contribution is 2.37. The maximum Gasteiger partial charge on any atom is 0.416 e. The number of nitrogens with one attached hydrogen (secondary N) is 1. The molecule has 0 saturated heterocycles. The highest BCUT2D eigenvalue weighted by Gasteiger charge is 2.33. The van der Waals surface area contributed by atoms with E-state index < -0.39 is 35.0 Å². The summed E-state index contributed by atoms with van der Waals surface area (Å²) in [5, 5.41) is 12.0. The molecular weight excluding hydrogens is 466 g/mol. The predicted octanol–water partition coefficient (Wildman–Crippen LogP) is 6.80. The van der Waals surface area contributed by atoms with Crippen LogP contribution >= 0.6 is 0 Å². The molecule has 3 aromatic carbocycles. The third-order valence-electron chi connectivity index (χ3n) is 5.57. The Morgan fingerprint density at radius 3 is 2.43 bits per heavy atom. The Morgan fingerprint density at radius 1 is 1.06 bits per heavy atom. The maximum atomic E-state index is 14.6.